The van der Waals surface area contributed by atoms with Gasteiger partial charge in [0.1, 0.15) is 0 Å². The summed E-state index contributed by atoms with van der Waals surface area (Å²) in [7, 11) is 0. The SMILES string of the molecule is CC(C)Nc1ncc(CN2CCC(C3NNCC3c3ccccc3)CC2)cn1. The van der Waals surface area contributed by atoms with Crippen LogP contribution < -0.4 is 16.2 Å². The average molecular weight is 381 g/mol. The van der Waals surface area contributed by atoms with Crippen LogP contribution in [0.3, 0.4) is 0 Å². The summed E-state index contributed by atoms with van der Waals surface area (Å²) in [5.74, 6) is 1.99. The molecule has 3 heterocycles. The molecule has 0 aliphatic carbocycles. The van der Waals surface area contributed by atoms with Gasteiger partial charge in [0.05, 0.1) is 0 Å². The number of hydrogen-bond acceptors (Lipinski definition) is 6. The van der Waals surface area contributed by atoms with Crippen LogP contribution in [0.5, 0.6) is 0 Å². The van der Waals surface area contributed by atoms with Gasteiger partial charge in [-0.1, -0.05) is 30.3 Å². The maximum atomic E-state index is 4.44. The number of benzene rings is 1. The zero-order valence-corrected chi connectivity index (χ0v) is 16.9. The molecule has 3 N–H and O–H groups in total. The zero-order valence-electron chi connectivity index (χ0n) is 16.9. The van der Waals surface area contributed by atoms with Gasteiger partial charge in [0.15, 0.2) is 0 Å². The summed E-state index contributed by atoms with van der Waals surface area (Å²) in [5.41, 5.74) is 9.60. The van der Waals surface area contributed by atoms with E-state index in [9.17, 15) is 0 Å². The van der Waals surface area contributed by atoms with E-state index in [1.165, 1.54) is 24.0 Å². The van der Waals surface area contributed by atoms with E-state index in [2.05, 4.69) is 75.2 Å². The Morgan fingerprint density at radius 3 is 2.50 bits per heavy atom. The van der Waals surface area contributed by atoms with E-state index in [-0.39, 0.29) is 0 Å². The highest BCUT2D eigenvalue weighted by molar-refractivity contribution is 5.26. The number of hydrogen-bond donors (Lipinski definition) is 3. The standard InChI is InChI=1S/C22H32N6/c1-16(2)26-22-23-12-17(13-24-22)15-28-10-8-19(9-11-28)21-20(14-25-27-21)18-6-4-3-5-7-18/h3-7,12-13,16,19-21,25,27H,8-11,14-15H2,1-2H3,(H,23,24,26). The van der Waals surface area contributed by atoms with Gasteiger partial charge >= 0.3 is 0 Å². The highest BCUT2D eigenvalue weighted by Crippen LogP contribution is 2.32. The van der Waals surface area contributed by atoms with E-state index in [1.807, 2.05) is 12.4 Å². The predicted molar refractivity (Wildman–Crippen MR) is 113 cm³/mol. The molecule has 1 aromatic carbocycles. The molecule has 0 spiro atoms. The molecule has 2 atom stereocenters. The third kappa shape index (κ3) is 4.69. The summed E-state index contributed by atoms with van der Waals surface area (Å²) >= 11 is 0. The van der Waals surface area contributed by atoms with Crippen molar-refractivity contribution in [3.05, 3.63) is 53.9 Å². The molecule has 2 unspecified atom stereocenters. The van der Waals surface area contributed by atoms with Crippen molar-refractivity contribution in [2.24, 2.45) is 5.92 Å². The first-order chi connectivity index (χ1) is 13.7. The summed E-state index contributed by atoms with van der Waals surface area (Å²) in [5, 5.41) is 3.24. The molecule has 1 aromatic heterocycles. The molecule has 0 amide bonds. The Kier molecular flexibility index (Phi) is 6.20. The molecule has 6 nitrogen and oxygen atoms in total. The molecule has 2 saturated heterocycles. The van der Waals surface area contributed by atoms with Crippen LogP contribution >= 0.6 is 0 Å². The van der Waals surface area contributed by atoms with Gasteiger partial charge in [-0.25, -0.2) is 9.97 Å². The van der Waals surface area contributed by atoms with E-state index in [0.29, 0.717) is 29.9 Å². The summed E-state index contributed by atoms with van der Waals surface area (Å²) in [6, 6.07) is 11.8. The van der Waals surface area contributed by atoms with Crippen LogP contribution in [0.1, 0.15) is 43.7 Å². The lowest BCUT2D eigenvalue weighted by atomic mass is 9.80. The van der Waals surface area contributed by atoms with Gasteiger partial charge in [-0.05, 0) is 51.3 Å². The molecule has 6 heteroatoms. The van der Waals surface area contributed by atoms with Gasteiger partial charge in [-0.15, -0.1) is 0 Å². The molecule has 150 valence electrons. The van der Waals surface area contributed by atoms with E-state index in [1.54, 1.807) is 0 Å². The van der Waals surface area contributed by atoms with Gasteiger partial charge in [-0.3, -0.25) is 15.8 Å². The first-order valence-electron chi connectivity index (χ1n) is 10.5. The fourth-order valence-corrected chi connectivity index (χ4v) is 4.48. The predicted octanol–water partition coefficient (Wildman–Crippen LogP) is 2.77. The van der Waals surface area contributed by atoms with Crippen LogP contribution in [0.4, 0.5) is 5.95 Å². The lowest BCUT2D eigenvalue weighted by Gasteiger charge is -2.36. The topological polar surface area (TPSA) is 65.1 Å². The molecule has 4 rings (SSSR count). The van der Waals surface area contributed by atoms with Crippen LogP contribution in [0.2, 0.25) is 0 Å². The fourth-order valence-electron chi connectivity index (χ4n) is 4.48. The van der Waals surface area contributed by atoms with E-state index >= 15 is 0 Å². The monoisotopic (exact) mass is 380 g/mol. The normalized spacial score (nSPS) is 24.0. The van der Waals surface area contributed by atoms with Crippen LogP contribution in [-0.2, 0) is 6.54 Å². The van der Waals surface area contributed by atoms with Crippen LogP contribution in [0.25, 0.3) is 0 Å². The molecule has 2 fully saturated rings. The summed E-state index contributed by atoms with van der Waals surface area (Å²) in [6.45, 7) is 8.42. The Morgan fingerprint density at radius 2 is 1.82 bits per heavy atom. The van der Waals surface area contributed by atoms with Crippen molar-refractivity contribution in [3.8, 4) is 0 Å². The molecular formula is C22H32N6. The van der Waals surface area contributed by atoms with Crippen molar-refractivity contribution in [1.82, 2.24) is 25.7 Å². The van der Waals surface area contributed by atoms with Gasteiger partial charge in [-0.2, -0.15) is 0 Å². The largest absolute Gasteiger partial charge is 0.352 e. The maximum Gasteiger partial charge on any atom is 0.222 e. The van der Waals surface area contributed by atoms with E-state index in [4.69, 9.17) is 0 Å². The lowest BCUT2D eigenvalue weighted by molar-refractivity contribution is 0.151. The van der Waals surface area contributed by atoms with Crippen molar-refractivity contribution in [2.45, 2.75) is 51.2 Å². The smallest absolute Gasteiger partial charge is 0.222 e. The Bertz CT molecular complexity index is 724. The minimum Gasteiger partial charge on any atom is -0.352 e. The molecule has 2 aliphatic rings. The highest BCUT2D eigenvalue weighted by atomic mass is 15.4. The van der Waals surface area contributed by atoms with Crippen molar-refractivity contribution in [2.75, 3.05) is 25.0 Å². The van der Waals surface area contributed by atoms with Crippen LogP contribution in [-0.4, -0.2) is 46.6 Å². The van der Waals surface area contributed by atoms with Crippen molar-refractivity contribution >= 4 is 5.95 Å². The van der Waals surface area contributed by atoms with Crippen molar-refractivity contribution < 1.29 is 0 Å². The first kappa shape index (κ1) is 19.3. The van der Waals surface area contributed by atoms with Crippen molar-refractivity contribution in [1.29, 1.82) is 0 Å². The molecular weight excluding hydrogens is 348 g/mol. The summed E-state index contributed by atoms with van der Waals surface area (Å²) in [4.78, 5) is 11.4. The quantitative estimate of drug-likeness (QED) is 0.716. The van der Waals surface area contributed by atoms with E-state index < -0.39 is 0 Å². The number of nitrogens with one attached hydrogen (secondary N) is 3. The van der Waals surface area contributed by atoms with Gasteiger partial charge in [0.2, 0.25) is 5.95 Å². The Hall–Kier alpha value is -2.02. The molecule has 2 aliphatic heterocycles. The Morgan fingerprint density at radius 1 is 1.11 bits per heavy atom. The second-order valence-corrected chi connectivity index (χ2v) is 8.40. The van der Waals surface area contributed by atoms with Gasteiger partial charge < -0.3 is 5.32 Å². The number of hydrazine groups is 1. The van der Waals surface area contributed by atoms with Crippen LogP contribution in [0, 0.1) is 5.92 Å². The van der Waals surface area contributed by atoms with Gasteiger partial charge in [0, 0.05) is 49.0 Å². The number of piperidine rings is 1. The summed E-state index contributed by atoms with van der Waals surface area (Å²) < 4.78 is 0. The number of rotatable bonds is 6. The molecule has 0 bridgehead atoms. The minimum atomic E-state index is 0.350. The molecule has 0 saturated carbocycles. The minimum absolute atomic E-state index is 0.350. The number of aromatic nitrogens is 2. The highest BCUT2D eigenvalue weighted by Gasteiger charge is 2.36. The second-order valence-electron chi connectivity index (χ2n) is 8.40. The zero-order chi connectivity index (χ0) is 19.3. The van der Waals surface area contributed by atoms with Crippen LogP contribution in [0.15, 0.2) is 42.7 Å². The van der Waals surface area contributed by atoms with E-state index in [0.717, 1.165) is 26.2 Å². The number of likely N-dealkylation sites (tertiary alicyclic amines) is 1. The number of nitrogens with zero attached hydrogens (tertiary/aromatic N) is 3. The maximum absolute atomic E-state index is 4.44. The fraction of sp³-hybridized carbons (Fsp3) is 0.545. The van der Waals surface area contributed by atoms with Gasteiger partial charge in [0.25, 0.3) is 0 Å². The third-order valence-electron chi connectivity index (χ3n) is 5.92. The Balaban J connectivity index is 1.30. The first-order valence-corrected chi connectivity index (χ1v) is 10.5. The average Bonchev–Trinajstić information content (AvgIpc) is 3.20. The third-order valence-corrected chi connectivity index (χ3v) is 5.92. The molecule has 0 radical (unpaired) electrons. The lowest BCUT2D eigenvalue weighted by Crippen LogP contribution is -2.44. The summed E-state index contributed by atoms with van der Waals surface area (Å²) in [6.07, 6.45) is 6.38. The Labute approximate surface area is 168 Å². The number of anilines is 1. The van der Waals surface area contributed by atoms with Crippen molar-refractivity contribution in [3.63, 3.8) is 0 Å². The molecule has 28 heavy (non-hydrogen) atoms. The molecule has 2 aromatic rings. The second kappa shape index (κ2) is 8.99.